The molecule has 0 aliphatic carbocycles. The summed E-state index contributed by atoms with van der Waals surface area (Å²) in [7, 11) is 0. The quantitative estimate of drug-likeness (QED) is 0.640. The minimum Gasteiger partial charge on any atom is -0.463 e. The lowest BCUT2D eigenvalue weighted by molar-refractivity contribution is -0.126. The first-order valence-corrected chi connectivity index (χ1v) is 9.54. The van der Waals surface area contributed by atoms with E-state index < -0.39 is 0 Å². The van der Waals surface area contributed by atoms with Gasteiger partial charge in [-0.3, -0.25) is 9.59 Å². The average molecular weight is 390 g/mol. The number of carbonyl (C=O) groups is 1. The van der Waals surface area contributed by atoms with Gasteiger partial charge in [0, 0.05) is 44.0 Å². The molecule has 0 saturated carbocycles. The van der Waals surface area contributed by atoms with Crippen LogP contribution in [0.5, 0.6) is 0 Å². The number of carbonyl (C=O) groups excluding carboxylic acids is 1. The number of fused-ring (bicyclic) bond motifs is 1. The number of rotatable bonds is 3. The van der Waals surface area contributed by atoms with E-state index in [1.54, 1.807) is 23.4 Å². The first-order chi connectivity index (χ1) is 14.0. The molecule has 0 spiro atoms. The molecule has 2 aromatic heterocycles. The number of benzene rings is 1. The molecule has 1 aromatic carbocycles. The topological polar surface area (TPSA) is 79.5 Å². The van der Waals surface area contributed by atoms with Gasteiger partial charge in [-0.2, -0.15) is 0 Å². The van der Waals surface area contributed by atoms with Gasteiger partial charge in [-0.1, -0.05) is 11.6 Å². The summed E-state index contributed by atoms with van der Waals surface area (Å²) >= 11 is 0. The molecule has 0 N–H and O–H groups in total. The molecule has 0 radical (unpaired) electrons. The third kappa shape index (κ3) is 4.03. The number of nitrogens with zero attached hydrogens (tertiary/aromatic N) is 4. The second-order valence-electron chi connectivity index (χ2n) is 7.18. The van der Waals surface area contributed by atoms with Gasteiger partial charge in [0.15, 0.2) is 5.43 Å². The summed E-state index contributed by atoms with van der Waals surface area (Å²) in [5.41, 5.74) is 2.68. The van der Waals surface area contributed by atoms with Crippen LogP contribution in [-0.2, 0) is 4.79 Å². The van der Waals surface area contributed by atoms with Crippen LogP contribution >= 0.6 is 0 Å². The van der Waals surface area contributed by atoms with Gasteiger partial charge in [0.25, 0.3) is 0 Å². The molecule has 3 heterocycles. The van der Waals surface area contributed by atoms with E-state index in [1.165, 1.54) is 18.4 Å². The van der Waals surface area contributed by atoms with Crippen molar-refractivity contribution in [3.63, 3.8) is 0 Å². The first kappa shape index (κ1) is 18.9. The molecule has 7 nitrogen and oxygen atoms in total. The maximum atomic E-state index is 12.6. The average Bonchev–Trinajstić information content (AvgIpc) is 2.73. The van der Waals surface area contributed by atoms with E-state index in [4.69, 9.17) is 4.42 Å². The molecule has 29 heavy (non-hydrogen) atoms. The highest BCUT2D eigenvalue weighted by molar-refractivity contribution is 5.92. The van der Waals surface area contributed by atoms with Crippen LogP contribution in [0.3, 0.4) is 0 Å². The van der Waals surface area contributed by atoms with E-state index >= 15 is 0 Å². The minimum atomic E-state index is -0.136. The van der Waals surface area contributed by atoms with E-state index in [1.807, 2.05) is 26.0 Å². The third-order valence-corrected chi connectivity index (χ3v) is 5.06. The molecule has 0 unspecified atom stereocenters. The fourth-order valence-corrected chi connectivity index (χ4v) is 3.41. The lowest BCUT2D eigenvalue weighted by Gasteiger charge is -2.34. The molecule has 1 fully saturated rings. The van der Waals surface area contributed by atoms with Gasteiger partial charge in [-0.25, -0.2) is 9.97 Å². The highest BCUT2D eigenvalue weighted by atomic mass is 16.3. The van der Waals surface area contributed by atoms with E-state index in [-0.39, 0.29) is 11.3 Å². The molecular formula is C22H22N4O3. The van der Waals surface area contributed by atoms with E-state index in [0.29, 0.717) is 42.7 Å². The summed E-state index contributed by atoms with van der Waals surface area (Å²) in [6, 6.07) is 7.42. The Labute approximate surface area is 168 Å². The Bertz CT molecular complexity index is 1140. The Kier molecular flexibility index (Phi) is 5.12. The zero-order valence-electron chi connectivity index (χ0n) is 16.5. The lowest BCUT2D eigenvalue weighted by atomic mass is 10.1. The molecule has 4 rings (SSSR count). The van der Waals surface area contributed by atoms with Crippen molar-refractivity contribution in [3.05, 3.63) is 70.0 Å². The Morgan fingerprint density at radius 2 is 1.90 bits per heavy atom. The summed E-state index contributed by atoms with van der Waals surface area (Å²) in [5.74, 6) is 0.761. The third-order valence-electron chi connectivity index (χ3n) is 5.06. The molecule has 1 amide bonds. The van der Waals surface area contributed by atoms with Gasteiger partial charge in [-0.05, 0) is 32.1 Å². The molecule has 0 bridgehead atoms. The first-order valence-electron chi connectivity index (χ1n) is 9.54. The molecule has 1 aliphatic heterocycles. The van der Waals surface area contributed by atoms with E-state index in [9.17, 15) is 9.59 Å². The second kappa shape index (κ2) is 7.87. The van der Waals surface area contributed by atoms with Crippen molar-refractivity contribution in [1.82, 2.24) is 14.9 Å². The number of aromatic nitrogens is 2. The number of anilines is 1. The van der Waals surface area contributed by atoms with Crippen molar-refractivity contribution in [2.75, 3.05) is 31.1 Å². The Morgan fingerprint density at radius 1 is 1.10 bits per heavy atom. The number of piperazine rings is 1. The Balaban J connectivity index is 1.44. The van der Waals surface area contributed by atoms with Crippen molar-refractivity contribution in [2.24, 2.45) is 0 Å². The van der Waals surface area contributed by atoms with Gasteiger partial charge in [0.05, 0.1) is 10.9 Å². The van der Waals surface area contributed by atoms with Crippen LogP contribution in [-0.4, -0.2) is 47.0 Å². The van der Waals surface area contributed by atoms with Crippen LogP contribution in [0.4, 0.5) is 5.82 Å². The zero-order chi connectivity index (χ0) is 20.4. The van der Waals surface area contributed by atoms with Crippen LogP contribution in [0.25, 0.3) is 17.0 Å². The normalized spacial score (nSPS) is 14.7. The van der Waals surface area contributed by atoms with Gasteiger partial charge in [0.1, 0.15) is 24.0 Å². The van der Waals surface area contributed by atoms with Crippen molar-refractivity contribution < 1.29 is 9.21 Å². The Morgan fingerprint density at radius 3 is 2.66 bits per heavy atom. The largest absolute Gasteiger partial charge is 0.463 e. The van der Waals surface area contributed by atoms with Gasteiger partial charge >= 0.3 is 0 Å². The molecule has 0 atom stereocenters. The highest BCUT2D eigenvalue weighted by Gasteiger charge is 2.20. The Hall–Kier alpha value is -3.48. The number of amides is 1. The lowest BCUT2D eigenvalue weighted by Crippen LogP contribution is -2.48. The van der Waals surface area contributed by atoms with E-state index in [2.05, 4.69) is 14.9 Å². The number of aryl methyl sites for hydroxylation is 2. The predicted molar refractivity (Wildman–Crippen MR) is 112 cm³/mol. The van der Waals surface area contributed by atoms with Crippen LogP contribution < -0.4 is 10.3 Å². The monoisotopic (exact) mass is 390 g/mol. The molecule has 1 saturated heterocycles. The highest BCUT2D eigenvalue weighted by Crippen LogP contribution is 2.15. The van der Waals surface area contributed by atoms with Gasteiger partial charge in [-0.15, -0.1) is 0 Å². The van der Waals surface area contributed by atoms with Gasteiger partial charge in [0.2, 0.25) is 5.91 Å². The van der Waals surface area contributed by atoms with Gasteiger partial charge < -0.3 is 14.2 Å². The minimum absolute atomic E-state index is 0.118. The second-order valence-corrected chi connectivity index (χ2v) is 7.18. The molecule has 148 valence electrons. The summed E-state index contributed by atoms with van der Waals surface area (Å²) in [4.78, 5) is 37.5. The van der Waals surface area contributed by atoms with Crippen molar-refractivity contribution >= 4 is 28.8 Å². The van der Waals surface area contributed by atoms with Crippen LogP contribution in [0, 0.1) is 13.8 Å². The van der Waals surface area contributed by atoms with Crippen LogP contribution in [0.15, 0.2) is 52.1 Å². The van der Waals surface area contributed by atoms with Crippen molar-refractivity contribution in [2.45, 2.75) is 13.8 Å². The SMILES string of the molecule is Cc1ccc2occ(/C=C/C(=O)N3CCN(c4cc(C)ncn4)CC3)c(=O)c2c1. The van der Waals surface area contributed by atoms with Crippen molar-refractivity contribution in [3.8, 4) is 0 Å². The fraction of sp³-hybridized carbons (Fsp3) is 0.273. The molecular weight excluding hydrogens is 368 g/mol. The standard InChI is InChI=1S/C22H22N4O3/c1-15-3-5-19-18(11-15)22(28)17(13-29-19)4-6-21(27)26-9-7-25(8-10-26)20-12-16(2)23-14-24-20/h3-6,11-14H,7-10H2,1-2H3/b6-4+. The summed E-state index contributed by atoms with van der Waals surface area (Å²) in [5, 5.41) is 0.522. The molecule has 1 aliphatic rings. The zero-order valence-corrected chi connectivity index (χ0v) is 16.5. The number of hydrogen-bond donors (Lipinski definition) is 0. The van der Waals surface area contributed by atoms with Crippen LogP contribution in [0.2, 0.25) is 0 Å². The maximum absolute atomic E-state index is 12.6. The summed E-state index contributed by atoms with van der Waals surface area (Å²) in [6.45, 7) is 6.45. The predicted octanol–water partition coefficient (Wildman–Crippen LogP) is 2.56. The van der Waals surface area contributed by atoms with Crippen LogP contribution in [0.1, 0.15) is 16.8 Å². The van der Waals surface area contributed by atoms with E-state index in [0.717, 1.165) is 17.1 Å². The molecule has 3 aromatic rings. The number of hydrogen-bond acceptors (Lipinski definition) is 6. The maximum Gasteiger partial charge on any atom is 0.246 e. The fourth-order valence-electron chi connectivity index (χ4n) is 3.41. The smallest absolute Gasteiger partial charge is 0.246 e. The van der Waals surface area contributed by atoms with Crippen molar-refractivity contribution in [1.29, 1.82) is 0 Å². The summed E-state index contributed by atoms with van der Waals surface area (Å²) < 4.78 is 5.53. The summed E-state index contributed by atoms with van der Waals surface area (Å²) in [6.07, 6.45) is 5.94. The molecule has 7 heteroatoms.